The Morgan fingerprint density at radius 3 is 2.55 bits per heavy atom. The van der Waals surface area contributed by atoms with Gasteiger partial charge in [-0.3, -0.25) is 0 Å². The molecule has 22 heavy (non-hydrogen) atoms. The Hall–Kier alpha value is -1.14. The molecule has 0 aromatic heterocycles. The van der Waals surface area contributed by atoms with Gasteiger partial charge in [-0.15, -0.1) is 0 Å². The van der Waals surface area contributed by atoms with Gasteiger partial charge in [0.25, 0.3) is 0 Å². The minimum Gasteiger partial charge on any atom is -0.491 e. The van der Waals surface area contributed by atoms with Crippen molar-refractivity contribution in [1.82, 2.24) is 0 Å². The van der Waals surface area contributed by atoms with Crippen LogP contribution >= 0.6 is 0 Å². The van der Waals surface area contributed by atoms with E-state index in [-0.39, 0.29) is 6.61 Å². The molecule has 2 rings (SSSR count). The first kappa shape index (κ1) is 17.2. The lowest BCUT2D eigenvalue weighted by Crippen LogP contribution is -2.40. The molecule has 1 aromatic rings. The average Bonchev–Trinajstić information content (AvgIpc) is 2.94. The fourth-order valence-electron chi connectivity index (χ4n) is 2.88. The molecule has 0 aliphatic heterocycles. The molecule has 0 heterocycles. The van der Waals surface area contributed by atoms with E-state index in [1.165, 1.54) is 5.56 Å². The summed E-state index contributed by atoms with van der Waals surface area (Å²) in [7, 11) is 1.65. The van der Waals surface area contributed by atoms with Gasteiger partial charge >= 0.3 is 0 Å². The maximum Gasteiger partial charge on any atom is 0.119 e. The largest absolute Gasteiger partial charge is 0.491 e. The summed E-state index contributed by atoms with van der Waals surface area (Å²) in [5, 5.41) is 9.34. The van der Waals surface area contributed by atoms with E-state index in [9.17, 15) is 5.11 Å². The molecule has 0 spiro atoms. The molecule has 3 N–H and O–H groups in total. The Morgan fingerprint density at radius 2 is 1.91 bits per heavy atom. The van der Waals surface area contributed by atoms with Crippen molar-refractivity contribution in [2.24, 2.45) is 5.73 Å². The molecule has 1 aliphatic rings. The van der Waals surface area contributed by atoms with Crippen LogP contribution in [-0.2, 0) is 9.47 Å². The number of aliphatic hydroxyl groups is 1. The predicted octanol–water partition coefficient (Wildman–Crippen LogP) is 1.69. The zero-order valence-electron chi connectivity index (χ0n) is 13.3. The first-order valence-corrected chi connectivity index (χ1v) is 7.86. The van der Waals surface area contributed by atoms with Gasteiger partial charge in [0.05, 0.1) is 26.4 Å². The monoisotopic (exact) mass is 309 g/mol. The summed E-state index contributed by atoms with van der Waals surface area (Å²) < 4.78 is 15.9. The minimum absolute atomic E-state index is 0.0633. The molecule has 0 bridgehead atoms. The third-order valence-corrected chi connectivity index (χ3v) is 4.24. The number of nitrogens with two attached hydrogens (primary N) is 1. The van der Waals surface area contributed by atoms with E-state index in [2.05, 4.69) is 12.1 Å². The van der Waals surface area contributed by atoms with Gasteiger partial charge in [0.15, 0.2) is 0 Å². The highest BCUT2D eigenvalue weighted by Gasteiger charge is 2.35. The Morgan fingerprint density at radius 1 is 1.18 bits per heavy atom. The SMILES string of the molecule is COCCOCCOc1ccc([C@@H]2CC[C@@](N)(CO)C2)cc1. The molecule has 0 amide bonds. The molecule has 0 radical (unpaired) electrons. The van der Waals surface area contributed by atoms with E-state index in [1.54, 1.807) is 7.11 Å². The highest BCUT2D eigenvalue weighted by atomic mass is 16.5. The molecular weight excluding hydrogens is 282 g/mol. The Balaban J connectivity index is 1.74. The minimum atomic E-state index is -0.403. The van der Waals surface area contributed by atoms with Crippen LogP contribution < -0.4 is 10.5 Å². The molecular formula is C17H27NO4. The number of methoxy groups -OCH3 is 1. The molecule has 124 valence electrons. The van der Waals surface area contributed by atoms with Crippen molar-refractivity contribution in [3.8, 4) is 5.75 Å². The summed E-state index contributed by atoms with van der Waals surface area (Å²) in [6, 6.07) is 8.16. The molecule has 0 unspecified atom stereocenters. The molecule has 1 saturated carbocycles. The third kappa shape index (κ3) is 4.95. The summed E-state index contributed by atoms with van der Waals surface area (Å²) in [5.74, 6) is 1.28. The van der Waals surface area contributed by atoms with Gasteiger partial charge in [0.1, 0.15) is 12.4 Å². The van der Waals surface area contributed by atoms with Crippen LogP contribution in [0.2, 0.25) is 0 Å². The molecule has 0 saturated heterocycles. The van der Waals surface area contributed by atoms with Crippen molar-refractivity contribution in [1.29, 1.82) is 0 Å². The summed E-state index contributed by atoms with van der Waals surface area (Å²) in [6.07, 6.45) is 2.76. The van der Waals surface area contributed by atoms with Crippen LogP contribution in [0, 0.1) is 0 Å². The first-order chi connectivity index (χ1) is 10.7. The lowest BCUT2D eigenvalue weighted by atomic mass is 9.94. The van der Waals surface area contributed by atoms with Crippen molar-refractivity contribution in [3.05, 3.63) is 29.8 Å². The summed E-state index contributed by atoms with van der Waals surface area (Å²) in [4.78, 5) is 0. The van der Waals surface area contributed by atoms with E-state index < -0.39 is 5.54 Å². The normalized spacial score (nSPS) is 24.6. The summed E-state index contributed by atoms with van der Waals surface area (Å²) in [5.41, 5.74) is 7.00. The van der Waals surface area contributed by atoms with Crippen LogP contribution in [0.15, 0.2) is 24.3 Å². The van der Waals surface area contributed by atoms with Gasteiger partial charge in [-0.2, -0.15) is 0 Å². The zero-order valence-corrected chi connectivity index (χ0v) is 13.3. The van der Waals surface area contributed by atoms with Crippen LogP contribution in [0.25, 0.3) is 0 Å². The van der Waals surface area contributed by atoms with Gasteiger partial charge < -0.3 is 25.1 Å². The number of aliphatic hydroxyl groups excluding tert-OH is 1. The van der Waals surface area contributed by atoms with Gasteiger partial charge in [0.2, 0.25) is 0 Å². The van der Waals surface area contributed by atoms with Crippen LogP contribution in [0.3, 0.4) is 0 Å². The Bertz CT molecular complexity index is 437. The van der Waals surface area contributed by atoms with Crippen molar-refractivity contribution >= 4 is 0 Å². The number of hydrogen-bond acceptors (Lipinski definition) is 5. The molecule has 5 nitrogen and oxygen atoms in total. The number of hydrogen-bond donors (Lipinski definition) is 2. The maximum absolute atomic E-state index is 9.34. The van der Waals surface area contributed by atoms with Crippen LogP contribution in [0.4, 0.5) is 0 Å². The zero-order chi connectivity index (χ0) is 15.8. The van der Waals surface area contributed by atoms with E-state index in [0.717, 1.165) is 25.0 Å². The smallest absolute Gasteiger partial charge is 0.119 e. The van der Waals surface area contributed by atoms with Gasteiger partial charge in [0, 0.05) is 12.6 Å². The highest BCUT2D eigenvalue weighted by molar-refractivity contribution is 5.30. The summed E-state index contributed by atoms with van der Waals surface area (Å²) in [6.45, 7) is 2.34. The van der Waals surface area contributed by atoms with Crippen molar-refractivity contribution < 1.29 is 19.3 Å². The van der Waals surface area contributed by atoms with Gasteiger partial charge in [-0.1, -0.05) is 12.1 Å². The Kier molecular flexibility index (Phi) is 6.64. The third-order valence-electron chi connectivity index (χ3n) is 4.24. The molecule has 2 atom stereocenters. The quantitative estimate of drug-likeness (QED) is 0.679. The molecule has 1 aliphatic carbocycles. The lowest BCUT2D eigenvalue weighted by Gasteiger charge is -2.21. The van der Waals surface area contributed by atoms with Gasteiger partial charge in [-0.05, 0) is 42.9 Å². The van der Waals surface area contributed by atoms with Crippen molar-refractivity contribution in [3.63, 3.8) is 0 Å². The van der Waals surface area contributed by atoms with E-state index in [4.69, 9.17) is 19.9 Å². The van der Waals surface area contributed by atoms with Crippen LogP contribution in [-0.4, -0.2) is 50.8 Å². The fraction of sp³-hybridized carbons (Fsp3) is 0.647. The van der Waals surface area contributed by atoms with Crippen LogP contribution in [0.1, 0.15) is 30.7 Å². The van der Waals surface area contributed by atoms with E-state index in [1.807, 2.05) is 12.1 Å². The number of benzene rings is 1. The lowest BCUT2D eigenvalue weighted by molar-refractivity contribution is 0.0544. The topological polar surface area (TPSA) is 73.9 Å². The second-order valence-corrected chi connectivity index (χ2v) is 5.98. The second kappa shape index (κ2) is 8.48. The highest BCUT2D eigenvalue weighted by Crippen LogP contribution is 2.39. The first-order valence-electron chi connectivity index (χ1n) is 7.86. The summed E-state index contributed by atoms with van der Waals surface area (Å²) >= 11 is 0. The van der Waals surface area contributed by atoms with Crippen molar-refractivity contribution in [2.75, 3.05) is 40.1 Å². The predicted molar refractivity (Wildman–Crippen MR) is 85.2 cm³/mol. The van der Waals surface area contributed by atoms with Crippen LogP contribution in [0.5, 0.6) is 5.75 Å². The molecule has 1 fully saturated rings. The second-order valence-electron chi connectivity index (χ2n) is 5.98. The van der Waals surface area contributed by atoms with E-state index in [0.29, 0.717) is 32.3 Å². The fourth-order valence-corrected chi connectivity index (χ4v) is 2.88. The van der Waals surface area contributed by atoms with Gasteiger partial charge in [-0.25, -0.2) is 0 Å². The van der Waals surface area contributed by atoms with E-state index >= 15 is 0 Å². The molecule has 1 aromatic carbocycles. The number of rotatable bonds is 9. The standard InChI is InChI=1S/C17H27NO4/c1-20-8-9-21-10-11-22-16-4-2-14(3-5-16)15-6-7-17(18,12-15)13-19/h2-5,15,19H,6-13,18H2,1H3/t15-,17+/m1/s1. The molecule has 5 heteroatoms. The average molecular weight is 309 g/mol. The maximum atomic E-state index is 9.34. The Labute approximate surface area is 132 Å². The van der Waals surface area contributed by atoms with Crippen molar-refractivity contribution in [2.45, 2.75) is 30.7 Å². The number of ether oxygens (including phenoxy) is 3.